The molecule has 1 saturated heterocycles. The van der Waals surface area contributed by atoms with Crippen LogP contribution in [0.15, 0.2) is 60.7 Å². The normalized spacial score (nSPS) is 22.3. The van der Waals surface area contributed by atoms with E-state index in [9.17, 15) is 9.90 Å². The molecule has 0 spiro atoms. The number of nitrogens with zero attached hydrogens (tertiary/aromatic N) is 1. The monoisotopic (exact) mass is 309 g/mol. The molecular formula is C20H23NO2. The second-order valence-corrected chi connectivity index (χ2v) is 6.65. The Morgan fingerprint density at radius 1 is 1.09 bits per heavy atom. The summed E-state index contributed by atoms with van der Waals surface area (Å²) in [5.74, 6) is 0.149. The first-order valence-electron chi connectivity index (χ1n) is 8.15. The van der Waals surface area contributed by atoms with Gasteiger partial charge in [0.05, 0.1) is 18.1 Å². The molecule has 0 saturated carbocycles. The van der Waals surface area contributed by atoms with E-state index in [0.717, 1.165) is 18.4 Å². The lowest BCUT2D eigenvalue weighted by Crippen LogP contribution is -2.36. The number of aliphatic hydroxyl groups excluding tert-OH is 1. The van der Waals surface area contributed by atoms with Crippen molar-refractivity contribution < 1.29 is 9.90 Å². The van der Waals surface area contributed by atoms with Gasteiger partial charge in [0, 0.05) is 6.54 Å². The van der Waals surface area contributed by atoms with E-state index >= 15 is 0 Å². The standard InChI is InChI=1S/C20H23NO2/c1-20(14-16-8-4-2-5-9-16)12-13-21(19(20)23)15-18(22)17-10-6-3-7-11-17/h2-11,18,22H,12-15H2,1H3. The lowest BCUT2D eigenvalue weighted by Gasteiger charge is -2.25. The van der Waals surface area contributed by atoms with Gasteiger partial charge in [0.15, 0.2) is 0 Å². The van der Waals surface area contributed by atoms with E-state index in [2.05, 4.69) is 12.1 Å². The summed E-state index contributed by atoms with van der Waals surface area (Å²) in [5, 5.41) is 10.4. The summed E-state index contributed by atoms with van der Waals surface area (Å²) in [6.07, 6.45) is 0.964. The number of hydrogen-bond donors (Lipinski definition) is 1. The van der Waals surface area contributed by atoms with Crippen molar-refractivity contribution in [3.63, 3.8) is 0 Å². The van der Waals surface area contributed by atoms with Crippen LogP contribution in [0.25, 0.3) is 0 Å². The van der Waals surface area contributed by atoms with Crippen molar-refractivity contribution in [1.82, 2.24) is 4.90 Å². The van der Waals surface area contributed by atoms with Crippen molar-refractivity contribution >= 4 is 5.91 Å². The molecule has 0 radical (unpaired) electrons. The van der Waals surface area contributed by atoms with Crippen molar-refractivity contribution in [3.05, 3.63) is 71.8 Å². The van der Waals surface area contributed by atoms with Crippen LogP contribution in [0.4, 0.5) is 0 Å². The second-order valence-electron chi connectivity index (χ2n) is 6.65. The topological polar surface area (TPSA) is 40.5 Å². The van der Waals surface area contributed by atoms with Gasteiger partial charge >= 0.3 is 0 Å². The molecule has 1 N–H and O–H groups in total. The molecular weight excluding hydrogens is 286 g/mol. The minimum atomic E-state index is -0.626. The number of likely N-dealkylation sites (tertiary alicyclic amines) is 1. The molecule has 1 aliphatic rings. The number of carbonyl (C=O) groups is 1. The van der Waals surface area contributed by atoms with Crippen molar-refractivity contribution in [2.75, 3.05) is 13.1 Å². The maximum Gasteiger partial charge on any atom is 0.229 e. The summed E-state index contributed by atoms with van der Waals surface area (Å²) < 4.78 is 0. The molecule has 0 aliphatic carbocycles. The van der Waals surface area contributed by atoms with Crippen LogP contribution < -0.4 is 0 Å². The molecule has 3 rings (SSSR count). The smallest absolute Gasteiger partial charge is 0.229 e. The zero-order valence-corrected chi connectivity index (χ0v) is 13.5. The molecule has 1 fully saturated rings. The molecule has 1 amide bonds. The Kier molecular flexibility index (Phi) is 4.49. The minimum Gasteiger partial charge on any atom is -0.387 e. The van der Waals surface area contributed by atoms with Crippen LogP contribution in [0.2, 0.25) is 0 Å². The fourth-order valence-electron chi connectivity index (χ4n) is 3.35. The zero-order valence-electron chi connectivity index (χ0n) is 13.5. The van der Waals surface area contributed by atoms with E-state index in [1.165, 1.54) is 5.56 Å². The van der Waals surface area contributed by atoms with Gasteiger partial charge in [-0.1, -0.05) is 67.6 Å². The van der Waals surface area contributed by atoms with Gasteiger partial charge < -0.3 is 10.0 Å². The maximum atomic E-state index is 12.8. The molecule has 1 heterocycles. The van der Waals surface area contributed by atoms with Gasteiger partial charge in [-0.15, -0.1) is 0 Å². The number of hydrogen-bond acceptors (Lipinski definition) is 2. The molecule has 2 aromatic rings. The fourth-order valence-corrected chi connectivity index (χ4v) is 3.35. The lowest BCUT2D eigenvalue weighted by molar-refractivity contribution is -0.136. The van der Waals surface area contributed by atoms with E-state index in [0.29, 0.717) is 13.1 Å². The highest BCUT2D eigenvalue weighted by Crippen LogP contribution is 2.35. The van der Waals surface area contributed by atoms with Gasteiger partial charge in [0.25, 0.3) is 0 Å². The van der Waals surface area contributed by atoms with Crippen molar-refractivity contribution in [2.24, 2.45) is 5.41 Å². The molecule has 23 heavy (non-hydrogen) atoms. The Hall–Kier alpha value is -2.13. The first kappa shape index (κ1) is 15.8. The molecule has 3 nitrogen and oxygen atoms in total. The van der Waals surface area contributed by atoms with Crippen LogP contribution in [0.5, 0.6) is 0 Å². The summed E-state index contributed by atoms with van der Waals surface area (Å²) in [5.41, 5.74) is 1.68. The number of β-amino-alcohol motifs (C(OH)–C–C–N with tert-alkyl or cyclic N) is 1. The largest absolute Gasteiger partial charge is 0.387 e. The van der Waals surface area contributed by atoms with Gasteiger partial charge in [0.1, 0.15) is 0 Å². The van der Waals surface area contributed by atoms with Crippen LogP contribution in [-0.4, -0.2) is 29.0 Å². The highest BCUT2D eigenvalue weighted by atomic mass is 16.3. The zero-order chi connectivity index (χ0) is 16.3. The Morgan fingerprint density at radius 3 is 2.35 bits per heavy atom. The third kappa shape index (κ3) is 3.45. The van der Waals surface area contributed by atoms with E-state index in [4.69, 9.17) is 0 Å². The molecule has 3 heteroatoms. The maximum absolute atomic E-state index is 12.8. The van der Waals surface area contributed by atoms with E-state index in [1.807, 2.05) is 55.5 Å². The highest BCUT2D eigenvalue weighted by Gasteiger charge is 2.42. The third-order valence-corrected chi connectivity index (χ3v) is 4.75. The summed E-state index contributed by atoms with van der Waals surface area (Å²) in [7, 11) is 0. The van der Waals surface area contributed by atoms with Crippen LogP contribution in [0.1, 0.15) is 30.6 Å². The predicted octanol–water partition coefficient (Wildman–Crippen LogP) is 3.20. The van der Waals surface area contributed by atoms with E-state index < -0.39 is 6.10 Å². The molecule has 0 aromatic heterocycles. The summed E-state index contributed by atoms with van der Waals surface area (Å²) in [6, 6.07) is 19.7. The first-order valence-corrected chi connectivity index (χ1v) is 8.15. The summed E-state index contributed by atoms with van der Waals surface area (Å²) >= 11 is 0. The highest BCUT2D eigenvalue weighted by molar-refractivity contribution is 5.84. The van der Waals surface area contributed by atoms with Gasteiger partial charge in [-0.2, -0.15) is 0 Å². The number of amides is 1. The average Bonchev–Trinajstić information content (AvgIpc) is 2.85. The van der Waals surface area contributed by atoms with Crippen molar-refractivity contribution in [3.8, 4) is 0 Å². The average molecular weight is 309 g/mol. The number of benzene rings is 2. The molecule has 2 aromatic carbocycles. The molecule has 120 valence electrons. The number of carbonyl (C=O) groups excluding carboxylic acids is 1. The number of aliphatic hydroxyl groups is 1. The molecule has 1 aliphatic heterocycles. The van der Waals surface area contributed by atoms with E-state index in [1.54, 1.807) is 4.90 Å². The Morgan fingerprint density at radius 2 is 1.70 bits per heavy atom. The van der Waals surface area contributed by atoms with Gasteiger partial charge in [-0.25, -0.2) is 0 Å². The molecule has 2 atom stereocenters. The Bertz CT molecular complexity index is 656. The molecule has 2 unspecified atom stereocenters. The second kappa shape index (κ2) is 6.55. The van der Waals surface area contributed by atoms with Gasteiger partial charge in [-0.3, -0.25) is 4.79 Å². The van der Waals surface area contributed by atoms with Crippen LogP contribution >= 0.6 is 0 Å². The third-order valence-electron chi connectivity index (χ3n) is 4.75. The van der Waals surface area contributed by atoms with Gasteiger partial charge in [0.2, 0.25) is 5.91 Å². The number of rotatable bonds is 5. The van der Waals surface area contributed by atoms with Crippen LogP contribution in [0.3, 0.4) is 0 Å². The lowest BCUT2D eigenvalue weighted by atomic mass is 9.82. The van der Waals surface area contributed by atoms with Crippen molar-refractivity contribution in [2.45, 2.75) is 25.9 Å². The Balaban J connectivity index is 1.66. The van der Waals surface area contributed by atoms with Crippen molar-refractivity contribution in [1.29, 1.82) is 0 Å². The summed E-state index contributed by atoms with van der Waals surface area (Å²) in [6.45, 7) is 3.12. The van der Waals surface area contributed by atoms with Crippen LogP contribution in [-0.2, 0) is 11.2 Å². The predicted molar refractivity (Wildman–Crippen MR) is 90.9 cm³/mol. The summed E-state index contributed by atoms with van der Waals surface area (Å²) in [4.78, 5) is 14.6. The van der Waals surface area contributed by atoms with E-state index in [-0.39, 0.29) is 11.3 Å². The quantitative estimate of drug-likeness (QED) is 0.921. The molecule has 0 bridgehead atoms. The Labute approximate surface area is 137 Å². The SMILES string of the molecule is CC1(Cc2ccccc2)CCN(CC(O)c2ccccc2)C1=O. The minimum absolute atomic E-state index is 0.149. The first-order chi connectivity index (χ1) is 11.1. The fraction of sp³-hybridized carbons (Fsp3) is 0.350. The van der Waals surface area contributed by atoms with Crippen LogP contribution in [0, 0.1) is 5.41 Å². The van der Waals surface area contributed by atoms with Gasteiger partial charge in [-0.05, 0) is 24.0 Å².